The van der Waals surface area contributed by atoms with Crippen LogP contribution in [0.25, 0.3) is 0 Å². The number of rotatable bonds is 2. The number of hydrogen-bond acceptors (Lipinski definition) is 2. The highest BCUT2D eigenvalue weighted by molar-refractivity contribution is 9.10. The molecule has 1 aromatic rings. The van der Waals surface area contributed by atoms with E-state index in [1.165, 1.54) is 12.8 Å². The highest BCUT2D eigenvalue weighted by Crippen LogP contribution is 2.24. The summed E-state index contributed by atoms with van der Waals surface area (Å²) in [5.74, 6) is 0.392. The van der Waals surface area contributed by atoms with Crippen LogP contribution < -0.4 is 0 Å². The van der Waals surface area contributed by atoms with Gasteiger partial charge in [-0.05, 0) is 40.9 Å². The molecule has 0 aliphatic heterocycles. The maximum atomic E-state index is 12.0. The molecule has 15 heavy (non-hydrogen) atoms. The minimum absolute atomic E-state index is 0.0207. The van der Waals surface area contributed by atoms with Gasteiger partial charge in [0.1, 0.15) is 0 Å². The number of hydrogen-bond donors (Lipinski definition) is 0. The Hall–Kier alpha value is -0.770. The molecule has 1 aliphatic carbocycles. The van der Waals surface area contributed by atoms with Gasteiger partial charge in [-0.1, -0.05) is 12.8 Å². The first-order valence-corrected chi connectivity index (χ1v) is 6.00. The molecule has 0 saturated heterocycles. The van der Waals surface area contributed by atoms with E-state index in [1.54, 1.807) is 17.0 Å². The van der Waals surface area contributed by atoms with Crippen LogP contribution in [0.5, 0.6) is 0 Å². The quantitative estimate of drug-likeness (QED) is 0.829. The Balaban J connectivity index is 2.06. The SMILES string of the molecule is CN(C(=O)c1ccc(Br)o1)C1CCCC1. The van der Waals surface area contributed by atoms with Crippen LogP contribution in [-0.2, 0) is 0 Å². The van der Waals surface area contributed by atoms with Crippen LogP contribution in [0.15, 0.2) is 21.2 Å². The molecule has 0 bridgehead atoms. The van der Waals surface area contributed by atoms with Crippen LogP contribution in [0, 0.1) is 0 Å². The molecule has 0 atom stereocenters. The van der Waals surface area contributed by atoms with Crippen molar-refractivity contribution < 1.29 is 9.21 Å². The molecule has 1 aromatic heterocycles. The third-order valence-electron chi connectivity index (χ3n) is 2.98. The predicted octanol–water partition coefficient (Wildman–Crippen LogP) is 3.06. The second kappa shape index (κ2) is 4.39. The zero-order valence-electron chi connectivity index (χ0n) is 8.70. The summed E-state index contributed by atoms with van der Waals surface area (Å²) in [5.41, 5.74) is 0. The van der Waals surface area contributed by atoms with E-state index in [0.29, 0.717) is 16.5 Å². The van der Waals surface area contributed by atoms with Crippen molar-refractivity contribution in [1.29, 1.82) is 0 Å². The lowest BCUT2D eigenvalue weighted by atomic mass is 10.2. The minimum atomic E-state index is -0.0207. The average Bonchev–Trinajstić information content (AvgIpc) is 2.85. The fraction of sp³-hybridized carbons (Fsp3) is 0.545. The van der Waals surface area contributed by atoms with Gasteiger partial charge in [0.25, 0.3) is 5.91 Å². The van der Waals surface area contributed by atoms with Gasteiger partial charge < -0.3 is 9.32 Å². The summed E-state index contributed by atoms with van der Waals surface area (Å²) in [7, 11) is 1.86. The smallest absolute Gasteiger partial charge is 0.289 e. The summed E-state index contributed by atoms with van der Waals surface area (Å²) in [4.78, 5) is 13.8. The van der Waals surface area contributed by atoms with Gasteiger partial charge in [0.05, 0.1) is 0 Å². The molecule has 2 rings (SSSR count). The van der Waals surface area contributed by atoms with Gasteiger partial charge in [0.2, 0.25) is 0 Å². The van der Waals surface area contributed by atoms with Crippen molar-refractivity contribution in [1.82, 2.24) is 4.90 Å². The van der Waals surface area contributed by atoms with Crippen LogP contribution in [0.4, 0.5) is 0 Å². The van der Waals surface area contributed by atoms with Crippen LogP contribution in [0.1, 0.15) is 36.2 Å². The minimum Gasteiger partial charge on any atom is -0.444 e. The van der Waals surface area contributed by atoms with Gasteiger partial charge in [-0.15, -0.1) is 0 Å². The van der Waals surface area contributed by atoms with Gasteiger partial charge in [0.15, 0.2) is 10.4 Å². The monoisotopic (exact) mass is 271 g/mol. The second-order valence-corrected chi connectivity index (χ2v) is 4.74. The molecule has 0 radical (unpaired) electrons. The van der Waals surface area contributed by atoms with Gasteiger partial charge in [-0.25, -0.2) is 0 Å². The number of furan rings is 1. The molecular formula is C11H14BrNO2. The number of halogens is 1. The van der Waals surface area contributed by atoms with Crippen molar-refractivity contribution >= 4 is 21.8 Å². The molecule has 1 saturated carbocycles. The Kier molecular flexibility index (Phi) is 3.14. The maximum absolute atomic E-state index is 12.0. The maximum Gasteiger partial charge on any atom is 0.289 e. The molecule has 4 heteroatoms. The van der Waals surface area contributed by atoms with Crippen LogP contribution in [0.2, 0.25) is 0 Å². The van der Waals surface area contributed by atoms with Crippen LogP contribution in [-0.4, -0.2) is 23.9 Å². The van der Waals surface area contributed by atoms with Crippen molar-refractivity contribution in [2.24, 2.45) is 0 Å². The Morgan fingerprint density at radius 1 is 1.47 bits per heavy atom. The fourth-order valence-electron chi connectivity index (χ4n) is 2.06. The van der Waals surface area contributed by atoms with Crippen molar-refractivity contribution in [2.75, 3.05) is 7.05 Å². The molecule has 82 valence electrons. The summed E-state index contributed by atoms with van der Waals surface area (Å²) in [6.07, 6.45) is 4.68. The molecule has 1 fully saturated rings. The van der Waals surface area contributed by atoms with E-state index in [2.05, 4.69) is 15.9 Å². The fourth-order valence-corrected chi connectivity index (χ4v) is 2.37. The molecule has 0 unspecified atom stereocenters. The van der Waals surface area contributed by atoms with Gasteiger partial charge in [-0.2, -0.15) is 0 Å². The molecule has 0 spiro atoms. The zero-order valence-corrected chi connectivity index (χ0v) is 10.3. The summed E-state index contributed by atoms with van der Waals surface area (Å²) in [5, 5.41) is 0. The summed E-state index contributed by atoms with van der Waals surface area (Å²) in [6.45, 7) is 0. The lowest BCUT2D eigenvalue weighted by Gasteiger charge is -2.22. The topological polar surface area (TPSA) is 33.5 Å². The summed E-state index contributed by atoms with van der Waals surface area (Å²) in [6, 6.07) is 3.84. The molecule has 0 aromatic carbocycles. The normalized spacial score (nSPS) is 16.9. The third-order valence-corrected chi connectivity index (χ3v) is 3.40. The van der Waals surface area contributed by atoms with Crippen molar-refractivity contribution in [2.45, 2.75) is 31.7 Å². The van der Waals surface area contributed by atoms with Gasteiger partial charge >= 0.3 is 0 Å². The average molecular weight is 272 g/mol. The van der Waals surface area contributed by atoms with Gasteiger partial charge in [0, 0.05) is 13.1 Å². The Labute approximate surface area is 97.6 Å². The third kappa shape index (κ3) is 2.25. The van der Waals surface area contributed by atoms with Crippen molar-refractivity contribution in [3.63, 3.8) is 0 Å². The van der Waals surface area contributed by atoms with E-state index >= 15 is 0 Å². The van der Waals surface area contributed by atoms with E-state index in [-0.39, 0.29) is 5.91 Å². The molecule has 1 aliphatic rings. The van der Waals surface area contributed by atoms with Crippen molar-refractivity contribution in [3.8, 4) is 0 Å². The summed E-state index contributed by atoms with van der Waals surface area (Å²) >= 11 is 3.20. The highest BCUT2D eigenvalue weighted by atomic mass is 79.9. The van der Waals surface area contributed by atoms with Crippen LogP contribution in [0.3, 0.4) is 0 Å². The first-order valence-electron chi connectivity index (χ1n) is 5.21. The standard InChI is InChI=1S/C11H14BrNO2/c1-13(8-4-2-3-5-8)11(14)9-6-7-10(12)15-9/h6-8H,2-5H2,1H3. The van der Waals surface area contributed by atoms with E-state index in [0.717, 1.165) is 12.8 Å². The molecule has 0 N–H and O–H groups in total. The van der Waals surface area contributed by atoms with Crippen molar-refractivity contribution in [3.05, 3.63) is 22.6 Å². The zero-order chi connectivity index (χ0) is 10.8. The second-order valence-electron chi connectivity index (χ2n) is 3.96. The number of amides is 1. The van der Waals surface area contributed by atoms with E-state index in [9.17, 15) is 4.79 Å². The first kappa shape index (κ1) is 10.7. The Morgan fingerprint density at radius 3 is 2.67 bits per heavy atom. The summed E-state index contributed by atoms with van der Waals surface area (Å²) < 4.78 is 5.85. The lowest BCUT2D eigenvalue weighted by molar-refractivity contribution is 0.0701. The van der Waals surface area contributed by atoms with E-state index in [1.807, 2.05) is 7.05 Å². The highest BCUT2D eigenvalue weighted by Gasteiger charge is 2.25. The molecule has 3 nitrogen and oxygen atoms in total. The predicted molar refractivity (Wildman–Crippen MR) is 60.8 cm³/mol. The Bertz CT molecular complexity index is 355. The van der Waals surface area contributed by atoms with E-state index < -0.39 is 0 Å². The molecule has 1 amide bonds. The Morgan fingerprint density at radius 2 is 2.13 bits per heavy atom. The molecular weight excluding hydrogens is 258 g/mol. The lowest BCUT2D eigenvalue weighted by Crippen LogP contribution is -2.34. The largest absolute Gasteiger partial charge is 0.444 e. The first-order chi connectivity index (χ1) is 7.18. The number of carbonyl (C=O) groups is 1. The van der Waals surface area contributed by atoms with Crippen LogP contribution >= 0.6 is 15.9 Å². The number of nitrogens with zero attached hydrogens (tertiary/aromatic N) is 1. The molecule has 1 heterocycles. The van der Waals surface area contributed by atoms with Gasteiger partial charge in [-0.3, -0.25) is 4.79 Å². The van der Waals surface area contributed by atoms with E-state index in [4.69, 9.17) is 4.42 Å². The number of carbonyl (C=O) groups excluding carboxylic acids is 1.